The van der Waals surface area contributed by atoms with Crippen molar-refractivity contribution in [2.75, 3.05) is 20.3 Å². The number of rotatable bonds is 7. The standard InChI is InChI=1S/C11H20N2O5/c1-17-5-4-8(11(15)16)13-10(14)9-3-2-7(6-12)18-9/h7-9H,2-6,12H2,1H3,(H,13,14)(H,15,16). The number of carbonyl (C=O) groups is 2. The average Bonchev–Trinajstić information content (AvgIpc) is 2.82. The molecule has 1 aliphatic heterocycles. The summed E-state index contributed by atoms with van der Waals surface area (Å²) in [6.45, 7) is 0.643. The van der Waals surface area contributed by atoms with Gasteiger partial charge in [-0.15, -0.1) is 0 Å². The van der Waals surface area contributed by atoms with E-state index in [4.69, 9.17) is 20.3 Å². The van der Waals surface area contributed by atoms with Crippen LogP contribution in [0.5, 0.6) is 0 Å². The maximum Gasteiger partial charge on any atom is 0.326 e. The van der Waals surface area contributed by atoms with Gasteiger partial charge in [-0.25, -0.2) is 4.79 Å². The van der Waals surface area contributed by atoms with Crippen LogP contribution in [-0.2, 0) is 19.1 Å². The predicted molar refractivity (Wildman–Crippen MR) is 63.0 cm³/mol. The fourth-order valence-electron chi connectivity index (χ4n) is 1.83. The van der Waals surface area contributed by atoms with E-state index in [1.807, 2.05) is 0 Å². The zero-order chi connectivity index (χ0) is 13.5. The molecule has 0 radical (unpaired) electrons. The van der Waals surface area contributed by atoms with Gasteiger partial charge in [-0.3, -0.25) is 4.79 Å². The average molecular weight is 260 g/mol. The first-order chi connectivity index (χ1) is 8.58. The molecule has 0 aromatic carbocycles. The molecule has 1 amide bonds. The molecule has 7 heteroatoms. The van der Waals surface area contributed by atoms with Crippen molar-refractivity contribution >= 4 is 11.9 Å². The third-order valence-electron chi connectivity index (χ3n) is 2.89. The maximum atomic E-state index is 11.8. The zero-order valence-electron chi connectivity index (χ0n) is 10.4. The van der Waals surface area contributed by atoms with Gasteiger partial charge in [0.25, 0.3) is 0 Å². The third-order valence-corrected chi connectivity index (χ3v) is 2.89. The zero-order valence-corrected chi connectivity index (χ0v) is 10.4. The Bertz CT molecular complexity index is 297. The van der Waals surface area contributed by atoms with Gasteiger partial charge in [0.2, 0.25) is 5.91 Å². The number of carboxylic acids is 1. The minimum Gasteiger partial charge on any atom is -0.480 e. The molecular formula is C11H20N2O5. The summed E-state index contributed by atoms with van der Waals surface area (Å²) in [6.07, 6.45) is 0.824. The molecule has 4 N–H and O–H groups in total. The Hall–Kier alpha value is -1.18. The molecule has 104 valence electrons. The van der Waals surface area contributed by atoms with Crippen molar-refractivity contribution in [3.8, 4) is 0 Å². The van der Waals surface area contributed by atoms with E-state index in [0.29, 0.717) is 13.0 Å². The van der Waals surface area contributed by atoms with Crippen LogP contribution in [0.3, 0.4) is 0 Å². The fraction of sp³-hybridized carbons (Fsp3) is 0.818. The Morgan fingerprint density at radius 3 is 2.78 bits per heavy atom. The van der Waals surface area contributed by atoms with Crippen LogP contribution in [0, 0.1) is 0 Å². The van der Waals surface area contributed by atoms with Crippen molar-refractivity contribution < 1.29 is 24.2 Å². The van der Waals surface area contributed by atoms with Gasteiger partial charge in [-0.1, -0.05) is 0 Å². The van der Waals surface area contributed by atoms with E-state index in [1.165, 1.54) is 7.11 Å². The number of carboxylic acid groups (broad SMARTS) is 1. The number of amides is 1. The molecular weight excluding hydrogens is 240 g/mol. The van der Waals surface area contributed by atoms with Crippen LogP contribution in [0.15, 0.2) is 0 Å². The van der Waals surface area contributed by atoms with Crippen LogP contribution >= 0.6 is 0 Å². The molecule has 0 spiro atoms. The van der Waals surface area contributed by atoms with Gasteiger partial charge in [0.05, 0.1) is 6.10 Å². The van der Waals surface area contributed by atoms with Crippen LogP contribution in [0.1, 0.15) is 19.3 Å². The van der Waals surface area contributed by atoms with Crippen LogP contribution in [0.25, 0.3) is 0 Å². The smallest absolute Gasteiger partial charge is 0.326 e. The van der Waals surface area contributed by atoms with Crippen LogP contribution < -0.4 is 11.1 Å². The second-order valence-electron chi connectivity index (χ2n) is 4.24. The van der Waals surface area contributed by atoms with Crippen LogP contribution in [0.2, 0.25) is 0 Å². The topological polar surface area (TPSA) is 111 Å². The van der Waals surface area contributed by atoms with E-state index in [-0.39, 0.29) is 19.1 Å². The molecule has 0 bridgehead atoms. The van der Waals surface area contributed by atoms with E-state index in [9.17, 15) is 9.59 Å². The minimum absolute atomic E-state index is 0.108. The lowest BCUT2D eigenvalue weighted by atomic mass is 10.1. The van der Waals surface area contributed by atoms with Crippen molar-refractivity contribution in [1.29, 1.82) is 0 Å². The number of methoxy groups -OCH3 is 1. The number of carbonyl (C=O) groups excluding carboxylic acids is 1. The molecule has 1 heterocycles. The molecule has 3 atom stereocenters. The lowest BCUT2D eigenvalue weighted by Crippen LogP contribution is -2.46. The second kappa shape index (κ2) is 7.30. The molecule has 1 rings (SSSR count). The summed E-state index contributed by atoms with van der Waals surface area (Å²) < 4.78 is 10.2. The van der Waals surface area contributed by atoms with E-state index < -0.39 is 24.0 Å². The number of ether oxygens (including phenoxy) is 2. The highest BCUT2D eigenvalue weighted by Gasteiger charge is 2.32. The predicted octanol–water partition coefficient (Wildman–Crippen LogP) is -0.901. The second-order valence-corrected chi connectivity index (χ2v) is 4.24. The first kappa shape index (κ1) is 14.9. The molecule has 7 nitrogen and oxygen atoms in total. The number of nitrogens with two attached hydrogens (primary N) is 1. The van der Waals surface area contributed by atoms with Gasteiger partial charge in [-0.05, 0) is 12.8 Å². The summed E-state index contributed by atoms with van der Waals surface area (Å²) in [7, 11) is 1.48. The third kappa shape index (κ3) is 4.25. The molecule has 0 aliphatic carbocycles. The first-order valence-corrected chi connectivity index (χ1v) is 5.96. The largest absolute Gasteiger partial charge is 0.480 e. The summed E-state index contributed by atoms with van der Waals surface area (Å²) in [5.41, 5.74) is 5.44. The number of nitrogens with one attached hydrogen (secondary N) is 1. The molecule has 1 saturated heterocycles. The van der Waals surface area contributed by atoms with Gasteiger partial charge < -0.3 is 25.6 Å². The highest BCUT2D eigenvalue weighted by molar-refractivity contribution is 5.86. The van der Waals surface area contributed by atoms with Gasteiger partial charge in [0, 0.05) is 26.7 Å². The molecule has 0 saturated carbocycles. The van der Waals surface area contributed by atoms with Gasteiger partial charge in [0.15, 0.2) is 0 Å². The van der Waals surface area contributed by atoms with E-state index in [1.54, 1.807) is 0 Å². The van der Waals surface area contributed by atoms with Crippen LogP contribution in [0.4, 0.5) is 0 Å². The van der Waals surface area contributed by atoms with E-state index in [2.05, 4.69) is 5.32 Å². The van der Waals surface area contributed by atoms with Crippen molar-refractivity contribution in [3.63, 3.8) is 0 Å². The number of aliphatic carboxylic acids is 1. The maximum absolute atomic E-state index is 11.8. The minimum atomic E-state index is -1.08. The fourth-order valence-corrected chi connectivity index (χ4v) is 1.83. The summed E-state index contributed by atoms with van der Waals surface area (Å²) in [5, 5.41) is 11.4. The quantitative estimate of drug-likeness (QED) is 0.547. The van der Waals surface area contributed by atoms with Gasteiger partial charge in [0.1, 0.15) is 12.1 Å². The lowest BCUT2D eigenvalue weighted by molar-refractivity contribution is -0.144. The molecule has 0 aromatic rings. The Kier molecular flexibility index (Phi) is 6.03. The van der Waals surface area contributed by atoms with E-state index in [0.717, 1.165) is 6.42 Å². The monoisotopic (exact) mass is 260 g/mol. The highest BCUT2D eigenvalue weighted by atomic mass is 16.5. The Morgan fingerprint density at radius 2 is 2.28 bits per heavy atom. The normalized spacial score (nSPS) is 24.8. The Balaban J connectivity index is 2.43. The van der Waals surface area contributed by atoms with Crippen molar-refractivity contribution in [3.05, 3.63) is 0 Å². The first-order valence-electron chi connectivity index (χ1n) is 5.96. The van der Waals surface area contributed by atoms with Gasteiger partial charge in [-0.2, -0.15) is 0 Å². The lowest BCUT2D eigenvalue weighted by Gasteiger charge is -2.17. The Labute approximate surface area is 106 Å². The molecule has 1 fully saturated rings. The molecule has 0 aromatic heterocycles. The number of hydrogen-bond acceptors (Lipinski definition) is 5. The van der Waals surface area contributed by atoms with Gasteiger partial charge >= 0.3 is 5.97 Å². The van der Waals surface area contributed by atoms with Crippen molar-refractivity contribution in [1.82, 2.24) is 5.32 Å². The summed E-state index contributed by atoms with van der Waals surface area (Å²) in [5.74, 6) is -1.47. The highest BCUT2D eigenvalue weighted by Crippen LogP contribution is 2.19. The molecule has 1 aliphatic rings. The molecule has 18 heavy (non-hydrogen) atoms. The van der Waals surface area contributed by atoms with E-state index >= 15 is 0 Å². The summed E-state index contributed by atoms with van der Waals surface area (Å²) in [4.78, 5) is 22.7. The summed E-state index contributed by atoms with van der Waals surface area (Å²) >= 11 is 0. The summed E-state index contributed by atoms with van der Waals surface area (Å²) in [6, 6.07) is -0.946. The van der Waals surface area contributed by atoms with Crippen molar-refractivity contribution in [2.45, 2.75) is 37.5 Å². The van der Waals surface area contributed by atoms with Crippen molar-refractivity contribution in [2.24, 2.45) is 5.73 Å². The SMILES string of the molecule is COCCC(NC(=O)C1CCC(CN)O1)C(=O)O. The number of hydrogen-bond donors (Lipinski definition) is 3. The van der Waals surface area contributed by atoms with Crippen LogP contribution in [-0.4, -0.2) is 55.5 Å². The molecule has 3 unspecified atom stereocenters. The Morgan fingerprint density at radius 1 is 1.56 bits per heavy atom.